The molecule has 0 aliphatic rings. The van der Waals surface area contributed by atoms with Crippen molar-refractivity contribution < 1.29 is 14.3 Å². The SMILES string of the molecule is CCN(CC(=O)OC)C(=O)c1cccc(N)c1. The number of amides is 1. The van der Waals surface area contributed by atoms with E-state index in [2.05, 4.69) is 4.74 Å². The summed E-state index contributed by atoms with van der Waals surface area (Å²) < 4.78 is 4.53. The van der Waals surface area contributed by atoms with Crippen LogP contribution in [0.1, 0.15) is 17.3 Å². The predicted octanol–water partition coefficient (Wildman–Crippen LogP) is 0.904. The topological polar surface area (TPSA) is 72.6 Å². The zero-order valence-electron chi connectivity index (χ0n) is 9.97. The molecule has 92 valence electrons. The number of nitrogens with zero attached hydrogens (tertiary/aromatic N) is 1. The van der Waals surface area contributed by atoms with Crippen molar-refractivity contribution in [1.82, 2.24) is 4.90 Å². The van der Waals surface area contributed by atoms with Crippen LogP contribution in [0.5, 0.6) is 0 Å². The van der Waals surface area contributed by atoms with Gasteiger partial charge in [0.15, 0.2) is 0 Å². The molecule has 0 bridgehead atoms. The Morgan fingerprint density at radius 2 is 2.12 bits per heavy atom. The van der Waals surface area contributed by atoms with Crippen LogP contribution in [0, 0.1) is 0 Å². The third-order valence-corrected chi connectivity index (χ3v) is 2.35. The van der Waals surface area contributed by atoms with Gasteiger partial charge in [0, 0.05) is 17.8 Å². The van der Waals surface area contributed by atoms with Crippen molar-refractivity contribution in [2.45, 2.75) is 6.92 Å². The molecular weight excluding hydrogens is 220 g/mol. The fourth-order valence-electron chi connectivity index (χ4n) is 1.40. The van der Waals surface area contributed by atoms with Crippen molar-refractivity contribution in [2.24, 2.45) is 0 Å². The molecule has 0 aliphatic heterocycles. The van der Waals surface area contributed by atoms with Gasteiger partial charge in [0.05, 0.1) is 7.11 Å². The van der Waals surface area contributed by atoms with E-state index in [1.54, 1.807) is 31.2 Å². The number of nitrogen functional groups attached to an aromatic ring is 1. The molecule has 0 fully saturated rings. The highest BCUT2D eigenvalue weighted by atomic mass is 16.5. The number of carbonyl (C=O) groups excluding carboxylic acids is 2. The van der Waals surface area contributed by atoms with Gasteiger partial charge in [-0.25, -0.2) is 0 Å². The molecular formula is C12H16N2O3. The number of nitrogens with two attached hydrogens (primary N) is 1. The molecule has 17 heavy (non-hydrogen) atoms. The molecule has 1 aromatic carbocycles. The Morgan fingerprint density at radius 3 is 2.65 bits per heavy atom. The summed E-state index contributed by atoms with van der Waals surface area (Å²) >= 11 is 0. The smallest absolute Gasteiger partial charge is 0.325 e. The second-order valence-electron chi connectivity index (χ2n) is 3.52. The van der Waals surface area contributed by atoms with Crippen molar-refractivity contribution in [3.05, 3.63) is 29.8 Å². The Bertz CT molecular complexity index is 418. The number of esters is 1. The Hall–Kier alpha value is -2.04. The van der Waals surface area contributed by atoms with Gasteiger partial charge in [-0.05, 0) is 25.1 Å². The second-order valence-corrected chi connectivity index (χ2v) is 3.52. The summed E-state index contributed by atoms with van der Waals surface area (Å²) in [4.78, 5) is 24.6. The predicted molar refractivity (Wildman–Crippen MR) is 64.4 cm³/mol. The van der Waals surface area contributed by atoms with Crippen molar-refractivity contribution in [3.8, 4) is 0 Å². The Kier molecular flexibility index (Phi) is 4.51. The highest BCUT2D eigenvalue weighted by molar-refractivity contribution is 5.96. The molecule has 0 unspecified atom stereocenters. The largest absolute Gasteiger partial charge is 0.468 e. The molecule has 0 radical (unpaired) electrons. The molecule has 5 nitrogen and oxygen atoms in total. The average molecular weight is 236 g/mol. The van der Waals surface area contributed by atoms with E-state index in [9.17, 15) is 9.59 Å². The molecule has 0 aliphatic carbocycles. The normalized spacial score (nSPS) is 9.76. The number of benzene rings is 1. The molecule has 0 saturated heterocycles. The molecule has 5 heteroatoms. The van der Waals surface area contributed by atoms with E-state index in [1.807, 2.05) is 0 Å². The number of ether oxygens (including phenoxy) is 1. The maximum absolute atomic E-state index is 12.0. The van der Waals surface area contributed by atoms with Gasteiger partial charge in [0.2, 0.25) is 0 Å². The van der Waals surface area contributed by atoms with Crippen molar-refractivity contribution in [2.75, 3.05) is 25.9 Å². The van der Waals surface area contributed by atoms with Gasteiger partial charge in [0.25, 0.3) is 5.91 Å². The van der Waals surface area contributed by atoms with Gasteiger partial charge < -0.3 is 15.4 Å². The molecule has 0 aromatic heterocycles. The van der Waals surface area contributed by atoms with Crippen LogP contribution in [0.25, 0.3) is 0 Å². The van der Waals surface area contributed by atoms with Crippen molar-refractivity contribution in [1.29, 1.82) is 0 Å². The maximum Gasteiger partial charge on any atom is 0.325 e. The molecule has 1 rings (SSSR count). The van der Waals surface area contributed by atoms with E-state index < -0.39 is 5.97 Å². The van der Waals surface area contributed by atoms with Gasteiger partial charge in [-0.1, -0.05) is 6.07 Å². The summed E-state index contributed by atoms with van der Waals surface area (Å²) in [6.45, 7) is 2.18. The summed E-state index contributed by atoms with van der Waals surface area (Å²) in [7, 11) is 1.29. The third-order valence-electron chi connectivity index (χ3n) is 2.35. The summed E-state index contributed by atoms with van der Waals surface area (Å²) in [5.41, 5.74) is 6.59. The van der Waals surface area contributed by atoms with Crippen LogP contribution < -0.4 is 5.73 Å². The van der Waals surface area contributed by atoms with Crippen molar-refractivity contribution in [3.63, 3.8) is 0 Å². The zero-order valence-corrected chi connectivity index (χ0v) is 9.97. The summed E-state index contributed by atoms with van der Waals surface area (Å²) in [5.74, 6) is -0.672. The van der Waals surface area contributed by atoms with Crippen LogP contribution in [0.15, 0.2) is 24.3 Å². The molecule has 0 saturated carbocycles. The van der Waals surface area contributed by atoms with Gasteiger partial charge in [-0.15, -0.1) is 0 Å². The average Bonchev–Trinajstić information content (AvgIpc) is 2.34. The lowest BCUT2D eigenvalue weighted by molar-refractivity contribution is -0.141. The molecule has 0 spiro atoms. The monoisotopic (exact) mass is 236 g/mol. The van der Waals surface area contributed by atoms with E-state index >= 15 is 0 Å². The summed E-state index contributed by atoms with van der Waals surface area (Å²) in [6, 6.07) is 6.66. The zero-order chi connectivity index (χ0) is 12.8. The lowest BCUT2D eigenvalue weighted by atomic mass is 10.2. The van der Waals surface area contributed by atoms with Gasteiger partial charge in [-0.2, -0.15) is 0 Å². The highest BCUT2D eigenvalue weighted by Gasteiger charge is 2.17. The quantitative estimate of drug-likeness (QED) is 0.622. The molecule has 0 heterocycles. The molecule has 2 N–H and O–H groups in total. The van der Waals surface area contributed by atoms with Crippen LogP contribution in [0.3, 0.4) is 0 Å². The van der Waals surface area contributed by atoms with Gasteiger partial charge in [0.1, 0.15) is 6.54 Å². The van der Waals surface area contributed by atoms with Crippen LogP contribution in [-0.4, -0.2) is 37.0 Å². The Balaban J connectivity index is 2.82. The minimum absolute atomic E-state index is 0.0549. The number of rotatable bonds is 4. The number of likely N-dealkylation sites (N-methyl/N-ethyl adjacent to an activating group) is 1. The van der Waals surface area contributed by atoms with E-state index in [1.165, 1.54) is 12.0 Å². The first kappa shape index (κ1) is 13.0. The number of anilines is 1. The fraction of sp³-hybridized carbons (Fsp3) is 0.333. The molecule has 0 atom stereocenters. The lowest BCUT2D eigenvalue weighted by Crippen LogP contribution is -2.36. The van der Waals surface area contributed by atoms with Crippen molar-refractivity contribution >= 4 is 17.6 Å². The van der Waals surface area contributed by atoms with E-state index in [0.29, 0.717) is 17.8 Å². The van der Waals surface area contributed by atoms with E-state index in [4.69, 9.17) is 5.73 Å². The maximum atomic E-state index is 12.0. The number of hydrogen-bond acceptors (Lipinski definition) is 4. The first-order valence-electron chi connectivity index (χ1n) is 5.30. The number of carbonyl (C=O) groups is 2. The first-order chi connectivity index (χ1) is 8.08. The third kappa shape index (κ3) is 3.48. The standard InChI is InChI=1S/C12H16N2O3/c1-3-14(8-11(15)17-2)12(16)9-5-4-6-10(13)7-9/h4-7H,3,8,13H2,1-2H3. The minimum Gasteiger partial charge on any atom is -0.468 e. The van der Waals surface area contributed by atoms with E-state index in [0.717, 1.165) is 0 Å². The van der Waals surface area contributed by atoms with E-state index in [-0.39, 0.29) is 12.5 Å². The summed E-state index contributed by atoms with van der Waals surface area (Å²) in [5, 5.41) is 0. The second kappa shape index (κ2) is 5.89. The minimum atomic E-state index is -0.441. The number of hydrogen-bond donors (Lipinski definition) is 1. The van der Waals surface area contributed by atoms with Gasteiger partial charge >= 0.3 is 5.97 Å². The van der Waals surface area contributed by atoms with Crippen LogP contribution >= 0.6 is 0 Å². The first-order valence-corrected chi connectivity index (χ1v) is 5.30. The highest BCUT2D eigenvalue weighted by Crippen LogP contribution is 2.09. The lowest BCUT2D eigenvalue weighted by Gasteiger charge is -2.19. The Morgan fingerprint density at radius 1 is 1.41 bits per heavy atom. The van der Waals surface area contributed by atoms with Crippen LogP contribution in [0.2, 0.25) is 0 Å². The fourth-order valence-corrected chi connectivity index (χ4v) is 1.40. The van der Waals surface area contributed by atoms with Crippen LogP contribution in [-0.2, 0) is 9.53 Å². The molecule has 1 aromatic rings. The molecule has 1 amide bonds. The number of methoxy groups -OCH3 is 1. The Labute approximate surface area is 100 Å². The summed E-state index contributed by atoms with van der Waals surface area (Å²) in [6.07, 6.45) is 0. The van der Waals surface area contributed by atoms with Crippen LogP contribution in [0.4, 0.5) is 5.69 Å². The van der Waals surface area contributed by atoms with Gasteiger partial charge in [-0.3, -0.25) is 9.59 Å².